The molecule has 0 spiro atoms. The molecule has 0 radical (unpaired) electrons. The molecule has 1 fully saturated rings. The normalized spacial score (nSPS) is 19.1. The number of nitrogens with two attached hydrogens (primary N) is 1. The largest absolute Gasteiger partial charge is 0.339 e. The standard InChI is InChI=1S/C14H16FN5/c15-10-3-4-12(18-8-10)13-5-6-17-14(19-13)20-7-1-2-11(16)9-20/h3-6,8,11H,1-2,7,9,16H2. The van der Waals surface area contributed by atoms with E-state index in [0.29, 0.717) is 17.3 Å². The molecule has 0 amide bonds. The molecule has 0 saturated carbocycles. The molecule has 1 unspecified atom stereocenters. The van der Waals surface area contributed by atoms with Crippen molar-refractivity contribution < 1.29 is 4.39 Å². The van der Waals surface area contributed by atoms with E-state index in [-0.39, 0.29) is 11.9 Å². The number of rotatable bonds is 2. The number of anilines is 1. The van der Waals surface area contributed by atoms with Crippen LogP contribution in [0.25, 0.3) is 11.4 Å². The highest BCUT2D eigenvalue weighted by Crippen LogP contribution is 2.19. The topological polar surface area (TPSA) is 67.9 Å². The highest BCUT2D eigenvalue weighted by Gasteiger charge is 2.19. The number of pyridine rings is 1. The molecule has 1 aliphatic heterocycles. The first-order chi connectivity index (χ1) is 9.72. The maximum Gasteiger partial charge on any atom is 0.225 e. The van der Waals surface area contributed by atoms with Gasteiger partial charge in [0.25, 0.3) is 0 Å². The van der Waals surface area contributed by atoms with E-state index in [1.807, 2.05) is 0 Å². The maximum atomic E-state index is 12.9. The van der Waals surface area contributed by atoms with Crippen molar-refractivity contribution in [3.8, 4) is 11.4 Å². The summed E-state index contributed by atoms with van der Waals surface area (Å²) >= 11 is 0. The van der Waals surface area contributed by atoms with Crippen molar-refractivity contribution in [2.24, 2.45) is 5.73 Å². The summed E-state index contributed by atoms with van der Waals surface area (Å²) in [4.78, 5) is 14.9. The van der Waals surface area contributed by atoms with E-state index in [1.54, 1.807) is 18.3 Å². The van der Waals surface area contributed by atoms with Crippen LogP contribution in [0.15, 0.2) is 30.6 Å². The van der Waals surface area contributed by atoms with Crippen LogP contribution in [-0.4, -0.2) is 34.1 Å². The van der Waals surface area contributed by atoms with Gasteiger partial charge in [-0.25, -0.2) is 14.4 Å². The van der Waals surface area contributed by atoms with Gasteiger partial charge in [0.1, 0.15) is 5.82 Å². The summed E-state index contributed by atoms with van der Waals surface area (Å²) in [6, 6.07) is 4.93. The first-order valence-electron chi connectivity index (χ1n) is 6.68. The Morgan fingerprint density at radius 1 is 1.20 bits per heavy atom. The molecule has 3 heterocycles. The lowest BCUT2D eigenvalue weighted by Crippen LogP contribution is -2.43. The van der Waals surface area contributed by atoms with E-state index in [9.17, 15) is 4.39 Å². The Bertz CT molecular complexity index is 586. The molecule has 1 atom stereocenters. The summed E-state index contributed by atoms with van der Waals surface area (Å²) in [6.07, 6.45) is 4.97. The third-order valence-corrected chi connectivity index (χ3v) is 3.37. The van der Waals surface area contributed by atoms with E-state index < -0.39 is 0 Å². The van der Waals surface area contributed by atoms with Crippen LogP contribution < -0.4 is 10.6 Å². The smallest absolute Gasteiger partial charge is 0.225 e. The molecule has 6 heteroatoms. The first kappa shape index (κ1) is 12.9. The fourth-order valence-electron chi connectivity index (χ4n) is 2.36. The summed E-state index contributed by atoms with van der Waals surface area (Å²) in [7, 11) is 0. The lowest BCUT2D eigenvalue weighted by Gasteiger charge is -2.30. The van der Waals surface area contributed by atoms with E-state index in [2.05, 4.69) is 19.9 Å². The number of hydrogen-bond donors (Lipinski definition) is 1. The third kappa shape index (κ3) is 2.75. The molecule has 1 aliphatic rings. The zero-order valence-electron chi connectivity index (χ0n) is 11.0. The highest BCUT2D eigenvalue weighted by atomic mass is 19.1. The zero-order chi connectivity index (χ0) is 13.9. The summed E-state index contributed by atoms with van der Waals surface area (Å²) < 4.78 is 12.9. The Balaban J connectivity index is 1.87. The third-order valence-electron chi connectivity index (χ3n) is 3.37. The van der Waals surface area contributed by atoms with E-state index in [4.69, 9.17) is 5.73 Å². The summed E-state index contributed by atoms with van der Waals surface area (Å²) in [5, 5.41) is 0. The van der Waals surface area contributed by atoms with Crippen LogP contribution in [0.2, 0.25) is 0 Å². The van der Waals surface area contributed by atoms with Gasteiger partial charge < -0.3 is 10.6 Å². The minimum atomic E-state index is -0.356. The SMILES string of the molecule is NC1CCCN(c2nccc(-c3ccc(F)cn3)n2)C1. The Kier molecular flexibility index (Phi) is 3.56. The summed E-state index contributed by atoms with van der Waals surface area (Å²) in [5.41, 5.74) is 7.30. The molecule has 3 rings (SSSR count). The molecular weight excluding hydrogens is 257 g/mol. The molecule has 5 nitrogen and oxygen atoms in total. The first-order valence-corrected chi connectivity index (χ1v) is 6.68. The van der Waals surface area contributed by atoms with Crippen LogP contribution in [-0.2, 0) is 0 Å². The molecule has 0 bridgehead atoms. The zero-order valence-corrected chi connectivity index (χ0v) is 11.0. The van der Waals surface area contributed by atoms with Crippen molar-refractivity contribution in [1.29, 1.82) is 0 Å². The van der Waals surface area contributed by atoms with Crippen LogP contribution >= 0.6 is 0 Å². The predicted molar refractivity (Wildman–Crippen MR) is 74.6 cm³/mol. The molecule has 2 aromatic heterocycles. The summed E-state index contributed by atoms with van der Waals surface area (Å²) in [6.45, 7) is 1.67. The van der Waals surface area contributed by atoms with Gasteiger partial charge in [-0.3, -0.25) is 4.98 Å². The quantitative estimate of drug-likeness (QED) is 0.900. The second kappa shape index (κ2) is 5.50. The average Bonchev–Trinajstić information content (AvgIpc) is 2.48. The van der Waals surface area contributed by atoms with Gasteiger partial charge in [-0.1, -0.05) is 0 Å². The highest BCUT2D eigenvalue weighted by molar-refractivity contribution is 5.55. The average molecular weight is 273 g/mol. The van der Waals surface area contributed by atoms with Gasteiger partial charge in [0.2, 0.25) is 5.95 Å². The van der Waals surface area contributed by atoms with Crippen LogP contribution in [0, 0.1) is 5.82 Å². The predicted octanol–water partition coefficient (Wildman–Crippen LogP) is 1.61. The Labute approximate surface area is 116 Å². The molecule has 0 aliphatic carbocycles. The molecule has 104 valence electrons. The fourth-order valence-corrected chi connectivity index (χ4v) is 2.36. The Morgan fingerprint density at radius 3 is 2.85 bits per heavy atom. The van der Waals surface area contributed by atoms with Gasteiger partial charge in [-0.05, 0) is 31.0 Å². The monoisotopic (exact) mass is 273 g/mol. The van der Waals surface area contributed by atoms with Gasteiger partial charge in [-0.2, -0.15) is 0 Å². The Morgan fingerprint density at radius 2 is 2.10 bits per heavy atom. The van der Waals surface area contributed by atoms with Crippen LogP contribution in [0.4, 0.5) is 10.3 Å². The van der Waals surface area contributed by atoms with Crippen LogP contribution in [0.5, 0.6) is 0 Å². The number of nitrogens with zero attached hydrogens (tertiary/aromatic N) is 4. The molecular formula is C14H16FN5. The van der Waals surface area contributed by atoms with Crippen molar-refractivity contribution in [3.05, 3.63) is 36.4 Å². The van der Waals surface area contributed by atoms with Gasteiger partial charge in [0.05, 0.1) is 17.6 Å². The van der Waals surface area contributed by atoms with Gasteiger partial charge >= 0.3 is 0 Å². The number of halogens is 1. The molecule has 0 aromatic carbocycles. The number of piperidine rings is 1. The lowest BCUT2D eigenvalue weighted by molar-refractivity contribution is 0.500. The van der Waals surface area contributed by atoms with Crippen LogP contribution in [0.1, 0.15) is 12.8 Å². The lowest BCUT2D eigenvalue weighted by atomic mass is 10.1. The number of hydrogen-bond acceptors (Lipinski definition) is 5. The molecule has 2 N–H and O–H groups in total. The molecule has 1 saturated heterocycles. The summed E-state index contributed by atoms with van der Waals surface area (Å²) in [5.74, 6) is 0.300. The van der Waals surface area contributed by atoms with E-state index >= 15 is 0 Å². The number of aromatic nitrogens is 3. The van der Waals surface area contributed by atoms with Gasteiger partial charge in [0.15, 0.2) is 0 Å². The van der Waals surface area contributed by atoms with Crippen molar-refractivity contribution >= 4 is 5.95 Å². The second-order valence-corrected chi connectivity index (χ2v) is 4.95. The molecule has 20 heavy (non-hydrogen) atoms. The van der Waals surface area contributed by atoms with E-state index in [0.717, 1.165) is 25.9 Å². The van der Waals surface area contributed by atoms with E-state index in [1.165, 1.54) is 12.3 Å². The second-order valence-electron chi connectivity index (χ2n) is 4.95. The maximum absolute atomic E-state index is 12.9. The van der Waals surface area contributed by atoms with Crippen molar-refractivity contribution in [2.45, 2.75) is 18.9 Å². The fraction of sp³-hybridized carbons (Fsp3) is 0.357. The van der Waals surface area contributed by atoms with Crippen molar-refractivity contribution in [1.82, 2.24) is 15.0 Å². The molecule has 2 aromatic rings. The minimum Gasteiger partial charge on any atom is -0.339 e. The van der Waals surface area contributed by atoms with Crippen molar-refractivity contribution in [3.63, 3.8) is 0 Å². The Hall–Kier alpha value is -2.08. The van der Waals surface area contributed by atoms with Gasteiger partial charge in [0, 0.05) is 25.3 Å². The van der Waals surface area contributed by atoms with Gasteiger partial charge in [-0.15, -0.1) is 0 Å². The van der Waals surface area contributed by atoms with Crippen molar-refractivity contribution in [2.75, 3.05) is 18.0 Å². The minimum absolute atomic E-state index is 0.167. The van der Waals surface area contributed by atoms with Crippen LogP contribution in [0.3, 0.4) is 0 Å².